The molecule has 2 aliphatic rings. The summed E-state index contributed by atoms with van der Waals surface area (Å²) < 4.78 is 5.70. The van der Waals surface area contributed by atoms with Crippen molar-refractivity contribution in [3.05, 3.63) is 12.3 Å². The zero-order chi connectivity index (χ0) is 12.5. The van der Waals surface area contributed by atoms with Crippen LogP contribution in [0.2, 0.25) is 0 Å². The Labute approximate surface area is 108 Å². The van der Waals surface area contributed by atoms with Crippen LogP contribution in [0.25, 0.3) is 0 Å². The molecule has 18 heavy (non-hydrogen) atoms. The molecule has 0 unspecified atom stereocenters. The number of aromatic nitrogens is 1. The molecule has 0 amide bonds. The summed E-state index contributed by atoms with van der Waals surface area (Å²) in [7, 11) is 2.14. The van der Waals surface area contributed by atoms with Gasteiger partial charge in [-0.05, 0) is 19.9 Å². The predicted molar refractivity (Wildman–Crippen MR) is 72.0 cm³/mol. The third kappa shape index (κ3) is 2.51. The number of hydrogen-bond acceptors (Lipinski definition) is 5. The topological polar surface area (TPSA) is 54.6 Å². The third-order valence-corrected chi connectivity index (χ3v) is 3.53. The minimum absolute atomic E-state index is 0.364. The highest BCUT2D eigenvalue weighted by molar-refractivity contribution is 5.59. The fourth-order valence-electron chi connectivity index (χ4n) is 2.12. The molecule has 0 aromatic carbocycles. The van der Waals surface area contributed by atoms with E-state index in [1.807, 2.05) is 6.07 Å². The molecule has 1 aromatic heterocycles. The van der Waals surface area contributed by atoms with Gasteiger partial charge in [-0.2, -0.15) is 0 Å². The fourth-order valence-corrected chi connectivity index (χ4v) is 2.12. The van der Waals surface area contributed by atoms with E-state index in [4.69, 9.17) is 10.5 Å². The molecule has 0 atom stereocenters. The Hall–Kier alpha value is -1.49. The maximum absolute atomic E-state index is 6.03. The lowest BCUT2D eigenvalue weighted by atomic mass is 10.3. The average molecular weight is 248 g/mol. The standard InChI is InChI=1S/C13H20N4O/c1-16-4-6-17(7-5-16)13-8-11(14)12(9-15-13)18-10-2-3-10/h8-10H,2-7H2,1H3,(H2,14,15). The van der Waals surface area contributed by atoms with E-state index in [1.165, 1.54) is 0 Å². The van der Waals surface area contributed by atoms with Gasteiger partial charge in [-0.1, -0.05) is 0 Å². The molecule has 5 nitrogen and oxygen atoms in total. The molecular weight excluding hydrogens is 228 g/mol. The number of nitrogens with two attached hydrogens (primary N) is 1. The highest BCUT2D eigenvalue weighted by Gasteiger charge is 2.25. The van der Waals surface area contributed by atoms with Gasteiger partial charge in [-0.15, -0.1) is 0 Å². The molecule has 5 heteroatoms. The lowest BCUT2D eigenvalue weighted by Crippen LogP contribution is -2.44. The van der Waals surface area contributed by atoms with Crippen molar-refractivity contribution in [2.24, 2.45) is 0 Å². The van der Waals surface area contributed by atoms with Crippen LogP contribution in [-0.4, -0.2) is 49.2 Å². The van der Waals surface area contributed by atoms with Crippen LogP contribution < -0.4 is 15.4 Å². The van der Waals surface area contributed by atoms with E-state index < -0.39 is 0 Å². The van der Waals surface area contributed by atoms with Crippen LogP contribution >= 0.6 is 0 Å². The molecule has 1 aromatic rings. The van der Waals surface area contributed by atoms with Crippen molar-refractivity contribution in [3.8, 4) is 5.75 Å². The van der Waals surface area contributed by atoms with Crippen molar-refractivity contribution in [1.29, 1.82) is 0 Å². The maximum atomic E-state index is 6.03. The Bertz CT molecular complexity index is 425. The smallest absolute Gasteiger partial charge is 0.161 e. The largest absolute Gasteiger partial charge is 0.487 e. The van der Waals surface area contributed by atoms with Gasteiger partial charge in [-0.3, -0.25) is 0 Å². The lowest BCUT2D eigenvalue weighted by molar-refractivity contribution is 0.302. The van der Waals surface area contributed by atoms with Crippen LogP contribution in [0.1, 0.15) is 12.8 Å². The summed E-state index contributed by atoms with van der Waals surface area (Å²) >= 11 is 0. The monoisotopic (exact) mass is 248 g/mol. The van der Waals surface area contributed by atoms with Crippen molar-refractivity contribution in [2.75, 3.05) is 43.9 Å². The molecule has 1 saturated heterocycles. The lowest BCUT2D eigenvalue weighted by Gasteiger charge is -2.33. The maximum Gasteiger partial charge on any atom is 0.161 e. The predicted octanol–water partition coefficient (Wildman–Crippen LogP) is 0.957. The van der Waals surface area contributed by atoms with Gasteiger partial charge in [0.2, 0.25) is 0 Å². The van der Waals surface area contributed by atoms with Crippen LogP contribution in [0.15, 0.2) is 12.3 Å². The molecule has 0 bridgehead atoms. The normalized spacial score (nSPS) is 21.1. The van der Waals surface area contributed by atoms with Crippen LogP contribution in [0.5, 0.6) is 5.75 Å². The summed E-state index contributed by atoms with van der Waals surface area (Å²) in [5.74, 6) is 1.69. The van der Waals surface area contributed by atoms with Crippen molar-refractivity contribution < 1.29 is 4.74 Å². The molecule has 98 valence electrons. The van der Waals surface area contributed by atoms with Gasteiger partial charge in [0, 0.05) is 32.2 Å². The van der Waals surface area contributed by atoms with Gasteiger partial charge < -0.3 is 20.3 Å². The Morgan fingerprint density at radius 2 is 2.00 bits per heavy atom. The summed E-state index contributed by atoms with van der Waals surface area (Å²) in [5.41, 5.74) is 6.73. The summed E-state index contributed by atoms with van der Waals surface area (Å²) in [4.78, 5) is 9.07. The van der Waals surface area contributed by atoms with Gasteiger partial charge in [0.15, 0.2) is 5.75 Å². The van der Waals surface area contributed by atoms with Crippen LogP contribution in [0, 0.1) is 0 Å². The number of likely N-dealkylation sites (N-methyl/N-ethyl adjacent to an activating group) is 1. The first-order chi connectivity index (χ1) is 8.72. The molecule has 3 rings (SSSR count). The molecule has 2 fully saturated rings. The van der Waals surface area contributed by atoms with Crippen LogP contribution in [-0.2, 0) is 0 Å². The zero-order valence-electron chi connectivity index (χ0n) is 10.8. The third-order valence-electron chi connectivity index (χ3n) is 3.53. The molecular formula is C13H20N4O. The number of anilines is 2. The van der Waals surface area contributed by atoms with E-state index >= 15 is 0 Å². The second-order valence-electron chi connectivity index (χ2n) is 5.19. The van der Waals surface area contributed by atoms with Gasteiger partial charge >= 0.3 is 0 Å². The molecule has 0 radical (unpaired) electrons. The molecule has 1 aliphatic heterocycles. The van der Waals surface area contributed by atoms with Gasteiger partial charge in [0.25, 0.3) is 0 Å². The van der Waals surface area contributed by atoms with Crippen molar-refractivity contribution >= 4 is 11.5 Å². The minimum atomic E-state index is 0.364. The quantitative estimate of drug-likeness (QED) is 0.863. The second-order valence-corrected chi connectivity index (χ2v) is 5.19. The van der Waals surface area contributed by atoms with E-state index in [0.717, 1.165) is 50.6 Å². The molecule has 2 heterocycles. The van der Waals surface area contributed by atoms with Crippen molar-refractivity contribution in [2.45, 2.75) is 18.9 Å². The van der Waals surface area contributed by atoms with E-state index in [0.29, 0.717) is 11.8 Å². The first-order valence-corrected chi connectivity index (χ1v) is 6.58. The van der Waals surface area contributed by atoms with Crippen LogP contribution in [0.4, 0.5) is 11.5 Å². The molecule has 1 aliphatic carbocycles. The Morgan fingerprint density at radius 3 is 2.61 bits per heavy atom. The van der Waals surface area contributed by atoms with E-state index in [1.54, 1.807) is 6.20 Å². The Kier molecular flexibility index (Phi) is 2.99. The number of rotatable bonds is 3. The summed E-state index contributed by atoms with van der Waals surface area (Å²) in [6, 6.07) is 1.93. The average Bonchev–Trinajstić information content (AvgIpc) is 3.17. The van der Waals surface area contributed by atoms with Crippen LogP contribution in [0.3, 0.4) is 0 Å². The highest BCUT2D eigenvalue weighted by Crippen LogP contribution is 2.31. The first-order valence-electron chi connectivity index (χ1n) is 6.58. The van der Waals surface area contributed by atoms with Gasteiger partial charge in [0.05, 0.1) is 18.0 Å². The van der Waals surface area contributed by atoms with Crippen molar-refractivity contribution in [1.82, 2.24) is 9.88 Å². The van der Waals surface area contributed by atoms with Gasteiger partial charge in [0.1, 0.15) is 5.82 Å². The van der Waals surface area contributed by atoms with E-state index in [-0.39, 0.29) is 0 Å². The number of pyridine rings is 1. The summed E-state index contributed by atoms with van der Waals surface area (Å²) in [6.07, 6.45) is 4.41. The second kappa shape index (κ2) is 4.65. The first kappa shape index (κ1) is 11.6. The number of nitrogen functional groups attached to an aromatic ring is 1. The van der Waals surface area contributed by atoms with Gasteiger partial charge in [-0.25, -0.2) is 4.98 Å². The minimum Gasteiger partial charge on any atom is -0.487 e. The molecule has 1 saturated carbocycles. The number of hydrogen-bond donors (Lipinski definition) is 1. The fraction of sp³-hybridized carbons (Fsp3) is 0.615. The summed E-state index contributed by atoms with van der Waals surface area (Å²) in [6.45, 7) is 4.15. The highest BCUT2D eigenvalue weighted by atomic mass is 16.5. The van der Waals surface area contributed by atoms with E-state index in [9.17, 15) is 0 Å². The Morgan fingerprint density at radius 1 is 1.28 bits per heavy atom. The van der Waals surface area contributed by atoms with Crippen molar-refractivity contribution in [3.63, 3.8) is 0 Å². The Balaban J connectivity index is 1.70. The molecule has 0 spiro atoms. The SMILES string of the molecule is CN1CCN(c2cc(N)c(OC3CC3)cn2)CC1. The number of piperazine rings is 1. The number of nitrogens with zero attached hydrogens (tertiary/aromatic N) is 3. The summed E-state index contributed by atoms with van der Waals surface area (Å²) in [5, 5.41) is 0. The zero-order valence-corrected chi connectivity index (χ0v) is 10.8. The molecule has 2 N–H and O–H groups in total. The number of ether oxygens (including phenoxy) is 1. The van der Waals surface area contributed by atoms with E-state index in [2.05, 4.69) is 21.8 Å².